The Morgan fingerprint density at radius 3 is 2.80 bits per heavy atom. The van der Waals surface area contributed by atoms with E-state index in [1.54, 1.807) is 0 Å². The summed E-state index contributed by atoms with van der Waals surface area (Å²) in [6.07, 6.45) is 5.55. The third-order valence-electron chi connectivity index (χ3n) is 3.26. The summed E-state index contributed by atoms with van der Waals surface area (Å²) in [6.45, 7) is 3.31. The van der Waals surface area contributed by atoms with Gasteiger partial charge in [0.25, 0.3) is 0 Å². The minimum Gasteiger partial charge on any atom is -0.310 e. The molecule has 0 aliphatic heterocycles. The van der Waals surface area contributed by atoms with Gasteiger partial charge in [0, 0.05) is 12.6 Å². The van der Waals surface area contributed by atoms with Gasteiger partial charge in [0.05, 0.1) is 0 Å². The molecule has 2 unspecified atom stereocenters. The van der Waals surface area contributed by atoms with Gasteiger partial charge in [0.2, 0.25) is 0 Å². The van der Waals surface area contributed by atoms with Gasteiger partial charge in [-0.2, -0.15) is 0 Å². The molecule has 15 heavy (non-hydrogen) atoms. The fraction of sp³-hybridized carbons (Fsp3) is 0.571. The lowest BCUT2D eigenvalue weighted by Gasteiger charge is -2.03. The van der Waals surface area contributed by atoms with Crippen molar-refractivity contribution in [2.75, 3.05) is 0 Å². The second-order valence-corrected chi connectivity index (χ2v) is 4.61. The molecule has 1 heteroatoms. The first-order valence-electron chi connectivity index (χ1n) is 6.17. The summed E-state index contributed by atoms with van der Waals surface area (Å²) in [5.41, 5.74) is 1.40. The van der Waals surface area contributed by atoms with Crippen molar-refractivity contribution in [1.82, 2.24) is 5.32 Å². The smallest absolute Gasteiger partial charge is 0.0208 e. The zero-order chi connectivity index (χ0) is 10.5. The lowest BCUT2D eigenvalue weighted by atomic mass is 10.2. The summed E-state index contributed by atoms with van der Waals surface area (Å²) in [4.78, 5) is 0. The molecule has 1 aromatic rings. The predicted octanol–water partition coefficient (Wildman–Crippen LogP) is 3.35. The molecule has 0 aromatic heterocycles. The van der Waals surface area contributed by atoms with Gasteiger partial charge in [-0.3, -0.25) is 0 Å². The minimum atomic E-state index is 0.803. The van der Waals surface area contributed by atoms with Gasteiger partial charge in [-0.25, -0.2) is 0 Å². The van der Waals surface area contributed by atoms with Gasteiger partial charge >= 0.3 is 0 Å². The van der Waals surface area contributed by atoms with Crippen LogP contribution < -0.4 is 5.32 Å². The highest BCUT2D eigenvalue weighted by Crippen LogP contribution is 2.35. The van der Waals surface area contributed by atoms with E-state index in [0.717, 1.165) is 18.5 Å². The number of unbranched alkanes of at least 4 members (excludes halogenated alkanes) is 1. The molecular weight excluding hydrogens is 182 g/mol. The molecule has 1 aromatic carbocycles. The van der Waals surface area contributed by atoms with Crippen LogP contribution in [0.5, 0.6) is 0 Å². The van der Waals surface area contributed by atoms with E-state index in [9.17, 15) is 0 Å². The molecule has 2 rings (SSSR count). The minimum absolute atomic E-state index is 0.803. The summed E-state index contributed by atoms with van der Waals surface area (Å²) in [5, 5.41) is 3.63. The Morgan fingerprint density at radius 1 is 1.27 bits per heavy atom. The summed E-state index contributed by atoms with van der Waals surface area (Å²) in [7, 11) is 0. The van der Waals surface area contributed by atoms with Crippen molar-refractivity contribution in [3.05, 3.63) is 35.9 Å². The average molecular weight is 203 g/mol. The fourth-order valence-electron chi connectivity index (χ4n) is 2.13. The van der Waals surface area contributed by atoms with Crippen molar-refractivity contribution < 1.29 is 0 Å². The largest absolute Gasteiger partial charge is 0.310 e. The number of rotatable bonds is 6. The van der Waals surface area contributed by atoms with Crippen LogP contribution in [0.15, 0.2) is 30.3 Å². The zero-order valence-corrected chi connectivity index (χ0v) is 9.58. The van der Waals surface area contributed by atoms with Crippen LogP contribution >= 0.6 is 0 Å². The van der Waals surface area contributed by atoms with Crippen molar-refractivity contribution in [3.8, 4) is 0 Å². The Hall–Kier alpha value is -0.820. The summed E-state index contributed by atoms with van der Waals surface area (Å²) < 4.78 is 0. The van der Waals surface area contributed by atoms with Gasteiger partial charge in [0.1, 0.15) is 0 Å². The zero-order valence-electron chi connectivity index (χ0n) is 9.58. The average Bonchev–Trinajstić information content (AvgIpc) is 3.04. The van der Waals surface area contributed by atoms with Gasteiger partial charge < -0.3 is 5.32 Å². The molecule has 1 nitrogen and oxygen atoms in total. The molecule has 0 spiro atoms. The summed E-state index contributed by atoms with van der Waals surface area (Å²) >= 11 is 0. The highest BCUT2D eigenvalue weighted by atomic mass is 15.0. The second kappa shape index (κ2) is 5.32. The molecule has 1 N–H and O–H groups in total. The van der Waals surface area contributed by atoms with E-state index in [1.807, 2.05) is 0 Å². The molecule has 0 saturated heterocycles. The summed E-state index contributed by atoms with van der Waals surface area (Å²) in [6, 6.07) is 11.5. The van der Waals surface area contributed by atoms with Crippen LogP contribution in [0.2, 0.25) is 0 Å². The standard InChI is InChI=1S/C14H21N/c1-2-3-9-13-10-14(13)15-11-12-7-5-4-6-8-12/h4-8,13-15H,2-3,9-11H2,1H3. The Labute approximate surface area is 92.9 Å². The maximum absolute atomic E-state index is 3.63. The van der Waals surface area contributed by atoms with E-state index >= 15 is 0 Å². The molecule has 1 aliphatic rings. The second-order valence-electron chi connectivity index (χ2n) is 4.61. The topological polar surface area (TPSA) is 12.0 Å². The normalized spacial score (nSPS) is 24.1. The van der Waals surface area contributed by atoms with E-state index < -0.39 is 0 Å². The van der Waals surface area contributed by atoms with Crippen LogP contribution in [-0.2, 0) is 6.54 Å². The molecular formula is C14H21N. The van der Waals surface area contributed by atoms with Gasteiger partial charge in [0.15, 0.2) is 0 Å². The Kier molecular flexibility index (Phi) is 3.79. The molecule has 2 atom stereocenters. The monoisotopic (exact) mass is 203 g/mol. The highest BCUT2D eigenvalue weighted by molar-refractivity contribution is 5.14. The van der Waals surface area contributed by atoms with Crippen LogP contribution in [0.3, 0.4) is 0 Å². The molecule has 1 fully saturated rings. The molecule has 0 bridgehead atoms. The van der Waals surface area contributed by atoms with E-state index in [-0.39, 0.29) is 0 Å². The fourth-order valence-corrected chi connectivity index (χ4v) is 2.13. The quantitative estimate of drug-likeness (QED) is 0.747. The predicted molar refractivity (Wildman–Crippen MR) is 64.7 cm³/mol. The van der Waals surface area contributed by atoms with E-state index in [0.29, 0.717) is 0 Å². The van der Waals surface area contributed by atoms with Crippen LogP contribution in [0.25, 0.3) is 0 Å². The highest BCUT2D eigenvalue weighted by Gasteiger charge is 2.35. The lowest BCUT2D eigenvalue weighted by molar-refractivity contribution is 0.581. The Balaban J connectivity index is 1.64. The Bertz CT molecular complexity index is 281. The first kappa shape index (κ1) is 10.7. The van der Waals surface area contributed by atoms with Gasteiger partial charge in [-0.05, 0) is 24.3 Å². The third kappa shape index (κ3) is 3.35. The maximum atomic E-state index is 3.63. The van der Waals surface area contributed by atoms with Crippen LogP contribution in [0.4, 0.5) is 0 Å². The third-order valence-corrected chi connectivity index (χ3v) is 3.26. The van der Waals surface area contributed by atoms with Crippen LogP contribution in [0.1, 0.15) is 38.2 Å². The number of benzene rings is 1. The van der Waals surface area contributed by atoms with Gasteiger partial charge in [-0.15, -0.1) is 0 Å². The van der Waals surface area contributed by atoms with Crippen molar-refractivity contribution in [3.63, 3.8) is 0 Å². The molecule has 82 valence electrons. The van der Waals surface area contributed by atoms with Crippen molar-refractivity contribution >= 4 is 0 Å². The van der Waals surface area contributed by atoms with Crippen molar-refractivity contribution in [2.45, 2.75) is 45.2 Å². The molecule has 1 saturated carbocycles. The van der Waals surface area contributed by atoms with E-state index in [2.05, 4.69) is 42.6 Å². The van der Waals surface area contributed by atoms with E-state index in [4.69, 9.17) is 0 Å². The van der Waals surface area contributed by atoms with Crippen LogP contribution in [0, 0.1) is 5.92 Å². The van der Waals surface area contributed by atoms with Gasteiger partial charge in [-0.1, -0.05) is 50.1 Å². The number of nitrogens with one attached hydrogen (secondary N) is 1. The van der Waals surface area contributed by atoms with Crippen molar-refractivity contribution in [1.29, 1.82) is 0 Å². The first-order valence-corrected chi connectivity index (χ1v) is 6.17. The first-order chi connectivity index (χ1) is 7.40. The lowest BCUT2D eigenvalue weighted by Crippen LogP contribution is -2.17. The van der Waals surface area contributed by atoms with Crippen molar-refractivity contribution in [2.24, 2.45) is 5.92 Å². The number of hydrogen-bond acceptors (Lipinski definition) is 1. The van der Waals surface area contributed by atoms with Crippen LogP contribution in [-0.4, -0.2) is 6.04 Å². The Morgan fingerprint density at radius 2 is 2.07 bits per heavy atom. The molecule has 0 radical (unpaired) electrons. The molecule has 0 amide bonds. The SMILES string of the molecule is CCCCC1CC1NCc1ccccc1. The van der Waals surface area contributed by atoms with E-state index in [1.165, 1.54) is 31.2 Å². The maximum Gasteiger partial charge on any atom is 0.0208 e. The molecule has 1 aliphatic carbocycles. The summed E-state index contributed by atoms with van der Waals surface area (Å²) in [5.74, 6) is 0.966. The molecule has 0 heterocycles. The number of hydrogen-bond donors (Lipinski definition) is 1.